The molecule has 2 rings (SSSR count). The highest BCUT2D eigenvalue weighted by Gasteiger charge is 2.27. The summed E-state index contributed by atoms with van der Waals surface area (Å²) in [5.41, 5.74) is 0. The first-order chi connectivity index (χ1) is 5.42. The van der Waals surface area contributed by atoms with Gasteiger partial charge in [0.15, 0.2) is 0 Å². The largest absolute Gasteiger partial charge is 0.364 e. The molecule has 1 radical (unpaired) electrons. The molecule has 2 heterocycles. The third kappa shape index (κ3) is 1.17. The van der Waals surface area contributed by atoms with E-state index in [9.17, 15) is 0 Å². The van der Waals surface area contributed by atoms with Gasteiger partial charge < -0.3 is 4.90 Å². The van der Waals surface area contributed by atoms with Gasteiger partial charge in [-0.3, -0.25) is 4.99 Å². The number of amidine groups is 1. The molecular weight excluding hydrogens is 135 g/mol. The van der Waals surface area contributed by atoms with Crippen LogP contribution in [0.25, 0.3) is 0 Å². The average Bonchev–Trinajstić information content (AvgIpc) is 2.47. The van der Waals surface area contributed by atoms with E-state index >= 15 is 0 Å². The molecule has 0 amide bonds. The minimum atomic E-state index is 0.616. The normalized spacial score (nSPS) is 29.7. The fraction of sp³-hybridized carbons (Fsp3) is 0.875. The summed E-state index contributed by atoms with van der Waals surface area (Å²) in [6, 6.07) is 0. The van der Waals surface area contributed by atoms with Gasteiger partial charge in [-0.15, -0.1) is 0 Å². The number of hydrogen-bond acceptors (Lipinski definition) is 2. The lowest BCUT2D eigenvalue weighted by Gasteiger charge is -2.30. The Bertz CT molecular complexity index is 179. The summed E-state index contributed by atoms with van der Waals surface area (Å²) >= 11 is 0. The maximum atomic E-state index is 4.52. The third-order valence-electron chi connectivity index (χ3n) is 2.63. The van der Waals surface area contributed by atoms with E-state index in [0.717, 1.165) is 6.54 Å². The molecule has 0 N–H and O–H groups in total. The van der Waals surface area contributed by atoms with E-state index in [1.807, 2.05) is 0 Å². The minimum Gasteiger partial charge on any atom is -0.364 e. The highest BCUT2D eigenvalue weighted by Crippen LogP contribution is 2.19. The van der Waals surface area contributed by atoms with Gasteiger partial charge in [-0.25, -0.2) is 0 Å². The Kier molecular flexibility index (Phi) is 1.88. The standard InChI is InChI=1S/C8H14BN2/c1-9-7-6-10-8-4-2-3-5-11(7)8/h7H,2-6H2,1H3. The van der Waals surface area contributed by atoms with Gasteiger partial charge in [0.2, 0.25) is 0 Å². The lowest BCUT2D eigenvalue weighted by molar-refractivity contribution is 0.374. The van der Waals surface area contributed by atoms with Gasteiger partial charge >= 0.3 is 0 Å². The molecule has 0 bridgehead atoms. The summed E-state index contributed by atoms with van der Waals surface area (Å²) in [5.74, 6) is 1.98. The van der Waals surface area contributed by atoms with Crippen molar-refractivity contribution in [3.63, 3.8) is 0 Å². The predicted molar refractivity (Wildman–Crippen MR) is 48.3 cm³/mol. The second kappa shape index (κ2) is 2.88. The molecule has 0 spiro atoms. The third-order valence-corrected chi connectivity index (χ3v) is 2.63. The minimum absolute atomic E-state index is 0.616. The fourth-order valence-electron chi connectivity index (χ4n) is 1.95. The molecule has 1 fully saturated rings. The molecule has 3 heteroatoms. The Labute approximate surface area is 68.9 Å². The van der Waals surface area contributed by atoms with Gasteiger partial charge in [0, 0.05) is 18.9 Å². The van der Waals surface area contributed by atoms with Gasteiger partial charge in [-0.05, 0) is 12.8 Å². The second-order valence-electron chi connectivity index (χ2n) is 3.31. The Morgan fingerprint density at radius 3 is 3.27 bits per heavy atom. The van der Waals surface area contributed by atoms with E-state index < -0.39 is 0 Å². The zero-order chi connectivity index (χ0) is 7.68. The van der Waals surface area contributed by atoms with Crippen LogP contribution in [0.2, 0.25) is 6.82 Å². The van der Waals surface area contributed by atoms with Gasteiger partial charge in [-0.1, -0.05) is 6.82 Å². The number of rotatable bonds is 1. The molecular formula is C8H14BN2. The summed E-state index contributed by atoms with van der Waals surface area (Å²) in [4.78, 5) is 6.98. The van der Waals surface area contributed by atoms with Crippen molar-refractivity contribution >= 4 is 13.1 Å². The van der Waals surface area contributed by atoms with Crippen molar-refractivity contribution in [2.24, 2.45) is 4.99 Å². The van der Waals surface area contributed by atoms with E-state index in [1.54, 1.807) is 0 Å². The lowest BCUT2D eigenvalue weighted by atomic mass is 9.71. The van der Waals surface area contributed by atoms with Gasteiger partial charge in [0.25, 0.3) is 0 Å². The molecule has 1 atom stereocenters. The molecule has 0 aromatic heterocycles. The number of nitrogens with zero attached hydrogens (tertiary/aromatic N) is 2. The van der Waals surface area contributed by atoms with Crippen LogP contribution in [0, 0.1) is 0 Å². The Hall–Kier alpha value is -0.465. The molecule has 2 aliphatic rings. The van der Waals surface area contributed by atoms with Crippen molar-refractivity contribution in [2.45, 2.75) is 32.0 Å². The average molecular weight is 149 g/mol. The molecule has 1 saturated heterocycles. The zero-order valence-electron chi connectivity index (χ0n) is 7.08. The van der Waals surface area contributed by atoms with Crippen LogP contribution in [0.3, 0.4) is 0 Å². The zero-order valence-corrected chi connectivity index (χ0v) is 7.08. The number of fused-ring (bicyclic) bond motifs is 1. The highest BCUT2D eigenvalue weighted by molar-refractivity contribution is 6.36. The van der Waals surface area contributed by atoms with E-state index in [2.05, 4.69) is 24.0 Å². The monoisotopic (exact) mass is 149 g/mol. The molecule has 0 aliphatic carbocycles. The van der Waals surface area contributed by atoms with Crippen LogP contribution in [0.4, 0.5) is 0 Å². The van der Waals surface area contributed by atoms with Crippen molar-refractivity contribution in [3.05, 3.63) is 0 Å². The van der Waals surface area contributed by atoms with Crippen LogP contribution in [0.1, 0.15) is 19.3 Å². The van der Waals surface area contributed by atoms with Crippen molar-refractivity contribution in [3.8, 4) is 0 Å². The van der Waals surface area contributed by atoms with Gasteiger partial charge in [0.1, 0.15) is 7.28 Å². The fourth-order valence-corrected chi connectivity index (χ4v) is 1.95. The maximum Gasteiger partial charge on any atom is 0.139 e. The van der Waals surface area contributed by atoms with E-state index in [1.165, 1.54) is 31.6 Å². The summed E-state index contributed by atoms with van der Waals surface area (Å²) in [7, 11) is 2.27. The van der Waals surface area contributed by atoms with Crippen LogP contribution in [-0.2, 0) is 0 Å². The molecule has 59 valence electrons. The number of piperidine rings is 1. The summed E-state index contributed by atoms with van der Waals surface area (Å²) < 4.78 is 0. The van der Waals surface area contributed by atoms with Crippen LogP contribution >= 0.6 is 0 Å². The van der Waals surface area contributed by atoms with Crippen molar-refractivity contribution in [2.75, 3.05) is 13.1 Å². The lowest BCUT2D eigenvalue weighted by Crippen LogP contribution is -2.42. The number of aliphatic imine (C=N–C) groups is 1. The Balaban J connectivity index is 2.05. The molecule has 11 heavy (non-hydrogen) atoms. The Morgan fingerprint density at radius 1 is 1.55 bits per heavy atom. The maximum absolute atomic E-state index is 4.52. The smallest absolute Gasteiger partial charge is 0.139 e. The molecule has 0 aromatic carbocycles. The van der Waals surface area contributed by atoms with Crippen molar-refractivity contribution < 1.29 is 0 Å². The van der Waals surface area contributed by atoms with E-state index in [-0.39, 0.29) is 0 Å². The quantitative estimate of drug-likeness (QED) is 0.507. The van der Waals surface area contributed by atoms with E-state index in [0.29, 0.717) is 5.94 Å². The van der Waals surface area contributed by atoms with Crippen molar-refractivity contribution in [1.82, 2.24) is 4.90 Å². The summed E-state index contributed by atoms with van der Waals surface area (Å²) in [5, 5.41) is 0. The van der Waals surface area contributed by atoms with E-state index in [4.69, 9.17) is 0 Å². The first-order valence-corrected chi connectivity index (χ1v) is 4.51. The highest BCUT2D eigenvalue weighted by atomic mass is 15.3. The van der Waals surface area contributed by atoms with Crippen LogP contribution in [0.5, 0.6) is 0 Å². The molecule has 0 aromatic rings. The first kappa shape index (κ1) is 7.20. The molecule has 1 unspecified atom stereocenters. The number of hydrogen-bond donors (Lipinski definition) is 0. The van der Waals surface area contributed by atoms with Crippen LogP contribution in [-0.4, -0.2) is 37.0 Å². The Morgan fingerprint density at radius 2 is 2.45 bits per heavy atom. The topological polar surface area (TPSA) is 15.6 Å². The second-order valence-corrected chi connectivity index (χ2v) is 3.31. The summed E-state index contributed by atoms with van der Waals surface area (Å²) in [6.45, 7) is 4.37. The molecule has 2 nitrogen and oxygen atoms in total. The van der Waals surface area contributed by atoms with Crippen LogP contribution in [0.15, 0.2) is 4.99 Å². The van der Waals surface area contributed by atoms with Gasteiger partial charge in [0.05, 0.1) is 12.4 Å². The van der Waals surface area contributed by atoms with Crippen molar-refractivity contribution in [1.29, 1.82) is 0 Å². The first-order valence-electron chi connectivity index (χ1n) is 4.51. The van der Waals surface area contributed by atoms with Crippen LogP contribution < -0.4 is 0 Å². The predicted octanol–water partition coefficient (Wildman–Crippen LogP) is 0.963. The SMILES string of the molecule is C[B]C1CN=C2CCCCN21. The summed E-state index contributed by atoms with van der Waals surface area (Å²) in [6.07, 6.45) is 3.90. The molecule has 2 aliphatic heterocycles. The molecule has 0 saturated carbocycles. The van der Waals surface area contributed by atoms with Gasteiger partial charge in [-0.2, -0.15) is 0 Å².